The Morgan fingerprint density at radius 3 is 2.72 bits per heavy atom. The van der Waals surface area contributed by atoms with Crippen LogP contribution in [0.15, 0.2) is 30.7 Å². The van der Waals surface area contributed by atoms with Gasteiger partial charge in [0.15, 0.2) is 0 Å². The van der Waals surface area contributed by atoms with Crippen molar-refractivity contribution in [1.82, 2.24) is 23.8 Å². The van der Waals surface area contributed by atoms with Crippen LogP contribution < -0.4 is 0 Å². The molecule has 3 aromatic rings. The summed E-state index contributed by atoms with van der Waals surface area (Å²) in [6, 6.07) is 3.88. The number of hydrogen-bond donors (Lipinski definition) is 0. The summed E-state index contributed by atoms with van der Waals surface area (Å²) in [5.74, 6) is 1.85. The molecule has 0 bridgehead atoms. The van der Waals surface area contributed by atoms with Crippen LogP contribution in [0.5, 0.6) is 0 Å². The number of fused-ring (bicyclic) bond motifs is 1. The smallest absolute Gasteiger partial charge is 0.137 e. The van der Waals surface area contributed by atoms with Crippen molar-refractivity contribution in [1.29, 1.82) is 0 Å². The van der Waals surface area contributed by atoms with Gasteiger partial charge in [-0.15, -0.1) is 0 Å². The van der Waals surface area contributed by atoms with Crippen LogP contribution in [0.3, 0.4) is 0 Å². The molecule has 4 heterocycles. The molecule has 25 heavy (non-hydrogen) atoms. The number of pyridine rings is 1. The molecule has 0 spiro atoms. The molecule has 1 saturated heterocycles. The predicted molar refractivity (Wildman–Crippen MR) is 99.9 cm³/mol. The lowest BCUT2D eigenvalue weighted by Crippen LogP contribution is -2.35. The van der Waals surface area contributed by atoms with Gasteiger partial charge in [0.1, 0.15) is 11.5 Å². The van der Waals surface area contributed by atoms with E-state index in [0.717, 1.165) is 54.3 Å². The highest BCUT2D eigenvalue weighted by Gasteiger charge is 2.21. The molecule has 1 aliphatic heterocycles. The molecule has 0 aliphatic carbocycles. The first-order chi connectivity index (χ1) is 12.1. The number of hydrogen-bond acceptors (Lipinski definition) is 3. The number of nitrogens with zero attached hydrogens (tertiary/aromatic N) is 5. The fourth-order valence-corrected chi connectivity index (χ4v) is 3.95. The van der Waals surface area contributed by atoms with Gasteiger partial charge in [-0.3, -0.25) is 4.90 Å². The number of aryl methyl sites for hydroxylation is 2. The molecule has 132 valence electrons. The standard InChI is InChI=1S/C19H24ClN5/c1-14-18(25-12-17(20)3-4-19(25)22-14)13-23-8-5-16(6-9-23)11-24-10-7-21-15(24)2/h3-4,7,10,12,16H,5-6,8-9,11,13H2,1-2H3. The van der Waals surface area contributed by atoms with Crippen LogP contribution in [0.25, 0.3) is 5.65 Å². The topological polar surface area (TPSA) is 38.4 Å². The first kappa shape index (κ1) is 16.6. The summed E-state index contributed by atoms with van der Waals surface area (Å²) in [5.41, 5.74) is 3.32. The van der Waals surface area contributed by atoms with Crippen molar-refractivity contribution in [2.24, 2.45) is 5.92 Å². The van der Waals surface area contributed by atoms with Crippen LogP contribution in [0.2, 0.25) is 5.02 Å². The average Bonchev–Trinajstić information content (AvgIpc) is 3.13. The summed E-state index contributed by atoms with van der Waals surface area (Å²) in [7, 11) is 0. The third kappa shape index (κ3) is 3.44. The summed E-state index contributed by atoms with van der Waals surface area (Å²) in [6.45, 7) is 8.45. The number of likely N-dealkylation sites (tertiary alicyclic amines) is 1. The van der Waals surface area contributed by atoms with Gasteiger partial charge in [-0.2, -0.15) is 0 Å². The van der Waals surface area contributed by atoms with Crippen molar-refractivity contribution in [3.05, 3.63) is 53.0 Å². The largest absolute Gasteiger partial charge is 0.335 e. The molecule has 0 amide bonds. The highest BCUT2D eigenvalue weighted by Crippen LogP contribution is 2.23. The van der Waals surface area contributed by atoms with Gasteiger partial charge in [0.2, 0.25) is 0 Å². The predicted octanol–water partition coefficient (Wildman–Crippen LogP) is 3.71. The van der Waals surface area contributed by atoms with E-state index in [1.54, 1.807) is 0 Å². The Labute approximate surface area is 153 Å². The molecule has 1 fully saturated rings. The van der Waals surface area contributed by atoms with Crippen molar-refractivity contribution in [3.8, 4) is 0 Å². The maximum Gasteiger partial charge on any atom is 0.137 e. The molecule has 0 unspecified atom stereocenters. The number of aromatic nitrogens is 4. The van der Waals surface area contributed by atoms with Gasteiger partial charge in [0.05, 0.1) is 16.4 Å². The Kier molecular flexibility index (Phi) is 4.52. The SMILES string of the molecule is Cc1nc2ccc(Cl)cn2c1CN1CCC(Cn2ccnc2C)CC1. The second-order valence-corrected chi connectivity index (χ2v) is 7.50. The lowest BCUT2D eigenvalue weighted by molar-refractivity contribution is 0.164. The van der Waals surface area contributed by atoms with Crippen molar-refractivity contribution in [2.75, 3.05) is 13.1 Å². The van der Waals surface area contributed by atoms with Gasteiger partial charge in [-0.05, 0) is 57.8 Å². The third-order valence-electron chi connectivity index (χ3n) is 5.34. The fraction of sp³-hybridized carbons (Fsp3) is 0.474. The van der Waals surface area contributed by atoms with Crippen LogP contribution in [-0.4, -0.2) is 36.9 Å². The minimum atomic E-state index is 0.738. The average molecular weight is 358 g/mol. The normalized spacial score (nSPS) is 16.8. The van der Waals surface area contributed by atoms with E-state index in [1.165, 1.54) is 18.5 Å². The number of piperidine rings is 1. The van der Waals surface area contributed by atoms with Crippen LogP contribution in [0, 0.1) is 19.8 Å². The Hall–Kier alpha value is -1.85. The second kappa shape index (κ2) is 6.81. The van der Waals surface area contributed by atoms with Crippen LogP contribution in [-0.2, 0) is 13.1 Å². The van der Waals surface area contributed by atoms with Gasteiger partial charge >= 0.3 is 0 Å². The van der Waals surface area contributed by atoms with Crippen molar-refractivity contribution >= 4 is 17.2 Å². The first-order valence-corrected chi connectivity index (χ1v) is 9.31. The maximum atomic E-state index is 6.17. The quantitative estimate of drug-likeness (QED) is 0.714. The number of imidazole rings is 2. The molecule has 6 heteroatoms. The maximum absolute atomic E-state index is 6.17. The van der Waals surface area contributed by atoms with Crippen molar-refractivity contribution in [3.63, 3.8) is 0 Å². The summed E-state index contributed by atoms with van der Waals surface area (Å²) >= 11 is 6.17. The van der Waals surface area contributed by atoms with Gasteiger partial charge in [-0.1, -0.05) is 11.6 Å². The zero-order chi connectivity index (χ0) is 17.4. The molecule has 0 aromatic carbocycles. The Balaban J connectivity index is 1.41. The molecule has 0 atom stereocenters. The molecule has 0 saturated carbocycles. The van der Waals surface area contributed by atoms with E-state index in [1.807, 2.05) is 24.5 Å². The molecule has 4 rings (SSSR count). The summed E-state index contributed by atoms with van der Waals surface area (Å²) in [5, 5.41) is 0.751. The molecule has 1 aliphatic rings. The number of rotatable bonds is 4. The molecular formula is C19H24ClN5. The summed E-state index contributed by atoms with van der Waals surface area (Å²) < 4.78 is 4.41. The zero-order valence-corrected chi connectivity index (χ0v) is 15.6. The minimum Gasteiger partial charge on any atom is -0.335 e. The van der Waals surface area contributed by atoms with E-state index < -0.39 is 0 Å². The summed E-state index contributed by atoms with van der Waals surface area (Å²) in [4.78, 5) is 11.5. The Morgan fingerprint density at radius 1 is 1.20 bits per heavy atom. The van der Waals surface area contributed by atoms with E-state index >= 15 is 0 Å². The highest BCUT2D eigenvalue weighted by molar-refractivity contribution is 6.30. The van der Waals surface area contributed by atoms with E-state index in [-0.39, 0.29) is 0 Å². The third-order valence-corrected chi connectivity index (χ3v) is 5.56. The van der Waals surface area contributed by atoms with Crippen LogP contribution >= 0.6 is 11.6 Å². The van der Waals surface area contributed by atoms with E-state index in [9.17, 15) is 0 Å². The van der Waals surface area contributed by atoms with E-state index in [0.29, 0.717) is 0 Å². The lowest BCUT2D eigenvalue weighted by Gasteiger charge is -2.32. The van der Waals surface area contributed by atoms with Gasteiger partial charge < -0.3 is 8.97 Å². The monoisotopic (exact) mass is 357 g/mol. The van der Waals surface area contributed by atoms with E-state index in [4.69, 9.17) is 11.6 Å². The molecule has 3 aromatic heterocycles. The number of halogens is 1. The molecule has 5 nitrogen and oxygen atoms in total. The zero-order valence-electron chi connectivity index (χ0n) is 14.8. The molecule has 0 radical (unpaired) electrons. The van der Waals surface area contributed by atoms with Gasteiger partial charge in [0.25, 0.3) is 0 Å². The highest BCUT2D eigenvalue weighted by atomic mass is 35.5. The lowest BCUT2D eigenvalue weighted by atomic mass is 9.96. The van der Waals surface area contributed by atoms with E-state index in [2.05, 4.69) is 43.9 Å². The van der Waals surface area contributed by atoms with Crippen LogP contribution in [0.4, 0.5) is 0 Å². The van der Waals surface area contributed by atoms with Gasteiger partial charge in [-0.25, -0.2) is 9.97 Å². The first-order valence-electron chi connectivity index (χ1n) is 8.93. The second-order valence-electron chi connectivity index (χ2n) is 7.07. The van der Waals surface area contributed by atoms with Gasteiger partial charge in [0, 0.05) is 31.7 Å². The summed E-state index contributed by atoms with van der Waals surface area (Å²) in [6.07, 6.45) is 8.42. The minimum absolute atomic E-state index is 0.738. The Morgan fingerprint density at radius 2 is 2.00 bits per heavy atom. The van der Waals surface area contributed by atoms with Crippen molar-refractivity contribution in [2.45, 2.75) is 39.8 Å². The fourth-order valence-electron chi connectivity index (χ4n) is 3.79. The molecular weight excluding hydrogens is 334 g/mol. The Bertz CT molecular complexity index is 873. The van der Waals surface area contributed by atoms with Crippen molar-refractivity contribution < 1.29 is 0 Å². The van der Waals surface area contributed by atoms with Crippen LogP contribution in [0.1, 0.15) is 30.1 Å². The molecule has 0 N–H and O–H groups in total.